The Hall–Kier alpha value is -1.81. The fourth-order valence-electron chi connectivity index (χ4n) is 3.59. The predicted octanol–water partition coefficient (Wildman–Crippen LogP) is 5.55. The van der Waals surface area contributed by atoms with Crippen molar-refractivity contribution in [1.82, 2.24) is 10.2 Å². The van der Waals surface area contributed by atoms with Gasteiger partial charge >= 0.3 is 0 Å². The Labute approximate surface area is 232 Å². The minimum Gasteiger partial charge on any atom is -0.352 e. The minimum atomic E-state index is -3.81. The first-order valence-electron chi connectivity index (χ1n) is 11.6. The maximum absolute atomic E-state index is 13.7. The number of amides is 2. The zero-order valence-corrected chi connectivity index (χ0v) is 24.9. The molecule has 11 heteroatoms. The summed E-state index contributed by atoms with van der Waals surface area (Å²) in [5.74, 6) is -0.816. The third-order valence-electron chi connectivity index (χ3n) is 5.83. The van der Waals surface area contributed by atoms with Crippen LogP contribution in [0.2, 0.25) is 10.0 Å². The number of anilines is 1. The van der Waals surface area contributed by atoms with Gasteiger partial charge in [0, 0.05) is 17.1 Å². The van der Waals surface area contributed by atoms with Gasteiger partial charge in [0.05, 0.1) is 22.0 Å². The number of nitrogens with one attached hydrogen (secondary N) is 1. The van der Waals surface area contributed by atoms with Crippen LogP contribution >= 0.6 is 39.1 Å². The molecule has 0 aliphatic carbocycles. The number of benzene rings is 2. The zero-order chi connectivity index (χ0) is 27.2. The van der Waals surface area contributed by atoms with Crippen molar-refractivity contribution < 1.29 is 18.0 Å². The van der Waals surface area contributed by atoms with Crippen LogP contribution < -0.4 is 9.62 Å². The van der Waals surface area contributed by atoms with Gasteiger partial charge in [-0.25, -0.2) is 8.42 Å². The Morgan fingerprint density at radius 2 is 1.72 bits per heavy atom. The van der Waals surface area contributed by atoms with Crippen LogP contribution in [0.5, 0.6) is 0 Å². The first-order chi connectivity index (χ1) is 16.8. The summed E-state index contributed by atoms with van der Waals surface area (Å²) in [4.78, 5) is 28.3. The number of rotatable bonds is 11. The Kier molecular flexibility index (Phi) is 11.1. The summed E-state index contributed by atoms with van der Waals surface area (Å²) in [6, 6.07) is 9.14. The molecule has 2 aromatic carbocycles. The number of carbonyl (C=O) groups is 2. The summed E-state index contributed by atoms with van der Waals surface area (Å²) in [5, 5.41) is 3.62. The van der Waals surface area contributed by atoms with Crippen molar-refractivity contribution in [3.63, 3.8) is 0 Å². The molecule has 0 saturated heterocycles. The van der Waals surface area contributed by atoms with E-state index in [1.54, 1.807) is 36.4 Å². The van der Waals surface area contributed by atoms with E-state index in [0.717, 1.165) is 27.0 Å². The van der Waals surface area contributed by atoms with E-state index in [4.69, 9.17) is 23.2 Å². The average molecular weight is 621 g/mol. The monoisotopic (exact) mass is 619 g/mol. The van der Waals surface area contributed by atoms with Gasteiger partial charge in [-0.15, -0.1) is 0 Å². The first-order valence-corrected chi connectivity index (χ1v) is 15.0. The first kappa shape index (κ1) is 30.4. The standard InChI is InChI=1S/C25H32BrCl2N3O4S/c1-6-17(4)29-25(33)23(7-2)30(14-18-8-11-21(27)22(28)13-18)24(32)15-31(36(5,34)35)19-9-10-20(26)16(3)12-19/h8-13,17,23H,6-7,14-15H2,1-5H3,(H,29,33)/t17-,23+/m1/s1. The molecule has 2 aromatic rings. The number of carbonyl (C=O) groups excluding carboxylic acids is 2. The van der Waals surface area contributed by atoms with Crippen LogP contribution in [0, 0.1) is 6.92 Å². The molecular formula is C25H32BrCl2N3O4S. The molecule has 2 rings (SSSR count). The molecule has 198 valence electrons. The van der Waals surface area contributed by atoms with Crippen LogP contribution in [0.1, 0.15) is 44.7 Å². The van der Waals surface area contributed by atoms with Gasteiger partial charge < -0.3 is 10.2 Å². The number of sulfonamides is 1. The second kappa shape index (κ2) is 13.1. The van der Waals surface area contributed by atoms with E-state index in [-0.39, 0.29) is 18.5 Å². The molecule has 0 fully saturated rings. The van der Waals surface area contributed by atoms with Gasteiger partial charge in [-0.05, 0) is 68.1 Å². The normalized spacial score (nSPS) is 13.1. The van der Waals surface area contributed by atoms with Gasteiger partial charge in [-0.3, -0.25) is 13.9 Å². The zero-order valence-electron chi connectivity index (χ0n) is 21.0. The highest BCUT2D eigenvalue weighted by Crippen LogP contribution is 2.26. The maximum atomic E-state index is 13.7. The van der Waals surface area contributed by atoms with E-state index in [9.17, 15) is 18.0 Å². The van der Waals surface area contributed by atoms with E-state index < -0.39 is 28.5 Å². The Bertz CT molecular complexity index is 1210. The highest BCUT2D eigenvalue weighted by Gasteiger charge is 2.32. The van der Waals surface area contributed by atoms with Crippen LogP contribution in [0.15, 0.2) is 40.9 Å². The van der Waals surface area contributed by atoms with E-state index in [1.165, 1.54) is 4.90 Å². The smallest absolute Gasteiger partial charge is 0.244 e. The highest BCUT2D eigenvalue weighted by atomic mass is 79.9. The molecule has 0 radical (unpaired) electrons. The molecule has 1 N–H and O–H groups in total. The van der Waals surface area contributed by atoms with Gasteiger partial charge in [0.1, 0.15) is 12.6 Å². The summed E-state index contributed by atoms with van der Waals surface area (Å²) in [7, 11) is -3.81. The number of hydrogen-bond donors (Lipinski definition) is 1. The third kappa shape index (κ3) is 8.10. The SMILES string of the molecule is CC[C@@H](C)NC(=O)[C@H](CC)N(Cc1ccc(Cl)c(Cl)c1)C(=O)CN(c1ccc(Br)c(C)c1)S(C)(=O)=O. The number of aryl methyl sites for hydroxylation is 1. The quantitative estimate of drug-likeness (QED) is 0.357. The van der Waals surface area contributed by atoms with Crippen molar-refractivity contribution in [1.29, 1.82) is 0 Å². The lowest BCUT2D eigenvalue weighted by Gasteiger charge is -2.33. The Morgan fingerprint density at radius 1 is 1.06 bits per heavy atom. The van der Waals surface area contributed by atoms with E-state index >= 15 is 0 Å². The van der Waals surface area contributed by atoms with Crippen molar-refractivity contribution >= 4 is 66.7 Å². The minimum absolute atomic E-state index is 0.0547. The summed E-state index contributed by atoms with van der Waals surface area (Å²) in [6.07, 6.45) is 2.12. The van der Waals surface area contributed by atoms with E-state index in [1.807, 2.05) is 27.7 Å². The lowest BCUT2D eigenvalue weighted by Crippen LogP contribution is -2.53. The largest absolute Gasteiger partial charge is 0.352 e. The molecule has 36 heavy (non-hydrogen) atoms. The van der Waals surface area contributed by atoms with Gasteiger partial charge in [0.2, 0.25) is 21.8 Å². The molecule has 0 aromatic heterocycles. The molecule has 0 aliphatic rings. The molecular weight excluding hydrogens is 589 g/mol. The summed E-state index contributed by atoms with van der Waals surface area (Å²) in [5.41, 5.74) is 1.84. The lowest BCUT2D eigenvalue weighted by atomic mass is 10.1. The van der Waals surface area contributed by atoms with E-state index in [2.05, 4.69) is 21.2 Å². The fraction of sp³-hybridized carbons (Fsp3) is 0.440. The number of hydrogen-bond acceptors (Lipinski definition) is 4. The molecule has 2 amide bonds. The van der Waals surface area contributed by atoms with Crippen LogP contribution in [0.4, 0.5) is 5.69 Å². The lowest BCUT2D eigenvalue weighted by molar-refractivity contribution is -0.140. The highest BCUT2D eigenvalue weighted by molar-refractivity contribution is 9.10. The molecule has 0 saturated carbocycles. The molecule has 0 aliphatic heterocycles. The van der Waals surface area contributed by atoms with Gasteiger partial charge in [-0.2, -0.15) is 0 Å². The molecule has 0 heterocycles. The van der Waals surface area contributed by atoms with Gasteiger partial charge in [0.15, 0.2) is 0 Å². The van der Waals surface area contributed by atoms with Gasteiger partial charge in [0.25, 0.3) is 0 Å². The topological polar surface area (TPSA) is 86.8 Å². The average Bonchev–Trinajstić information content (AvgIpc) is 2.80. The number of nitrogens with zero attached hydrogens (tertiary/aromatic N) is 2. The van der Waals surface area contributed by atoms with Gasteiger partial charge in [-0.1, -0.05) is 59.0 Å². The van der Waals surface area contributed by atoms with Crippen molar-refractivity contribution in [2.45, 2.75) is 59.2 Å². The summed E-state index contributed by atoms with van der Waals surface area (Å²) in [6.45, 7) is 7.07. The molecule has 0 unspecified atom stereocenters. The second-order valence-corrected chi connectivity index (χ2v) is 12.3. The third-order valence-corrected chi connectivity index (χ3v) is 8.60. The Balaban J connectivity index is 2.48. The van der Waals surface area contributed by atoms with Crippen LogP contribution in [-0.4, -0.2) is 50.0 Å². The van der Waals surface area contributed by atoms with E-state index in [0.29, 0.717) is 27.7 Å². The molecule has 7 nitrogen and oxygen atoms in total. The van der Waals surface area contributed by atoms with Crippen LogP contribution in [0.3, 0.4) is 0 Å². The molecule has 2 atom stereocenters. The molecule has 0 spiro atoms. The van der Waals surface area contributed by atoms with Crippen molar-refractivity contribution in [2.75, 3.05) is 17.1 Å². The Morgan fingerprint density at radius 3 is 2.25 bits per heavy atom. The summed E-state index contributed by atoms with van der Waals surface area (Å²) < 4.78 is 27.3. The van der Waals surface area contributed by atoms with Crippen molar-refractivity contribution in [2.24, 2.45) is 0 Å². The number of halogens is 3. The maximum Gasteiger partial charge on any atom is 0.244 e. The van der Waals surface area contributed by atoms with Crippen LogP contribution in [-0.2, 0) is 26.2 Å². The van der Waals surface area contributed by atoms with Crippen LogP contribution in [0.25, 0.3) is 0 Å². The fourth-order valence-corrected chi connectivity index (χ4v) is 5.00. The predicted molar refractivity (Wildman–Crippen MR) is 150 cm³/mol. The summed E-state index contributed by atoms with van der Waals surface area (Å²) >= 11 is 15.6. The second-order valence-electron chi connectivity index (χ2n) is 8.72. The van der Waals surface area contributed by atoms with Crippen molar-refractivity contribution in [3.8, 4) is 0 Å². The molecule has 0 bridgehead atoms. The van der Waals surface area contributed by atoms with Crippen molar-refractivity contribution in [3.05, 3.63) is 62.0 Å².